The van der Waals surface area contributed by atoms with Gasteiger partial charge in [0.25, 0.3) is 0 Å². The molecule has 0 heterocycles. The van der Waals surface area contributed by atoms with Gasteiger partial charge in [0.15, 0.2) is 0 Å². The highest BCUT2D eigenvalue weighted by molar-refractivity contribution is 9.10. The zero-order valence-electron chi connectivity index (χ0n) is 9.71. The fourth-order valence-corrected chi connectivity index (χ4v) is 2.68. The summed E-state index contributed by atoms with van der Waals surface area (Å²) < 4.78 is 14.4. The van der Waals surface area contributed by atoms with Gasteiger partial charge in [-0.2, -0.15) is 0 Å². The molecule has 0 aliphatic heterocycles. The molecule has 1 unspecified atom stereocenters. The second kappa shape index (κ2) is 6.23. The molecule has 2 aromatic rings. The van der Waals surface area contributed by atoms with Gasteiger partial charge >= 0.3 is 0 Å². The summed E-state index contributed by atoms with van der Waals surface area (Å²) in [4.78, 5) is 0. The van der Waals surface area contributed by atoms with Crippen LogP contribution in [0.3, 0.4) is 0 Å². The van der Waals surface area contributed by atoms with Crippen LogP contribution in [0, 0.1) is 5.82 Å². The third-order valence-electron chi connectivity index (χ3n) is 2.80. The highest BCUT2D eigenvalue weighted by Crippen LogP contribution is 2.33. The fraction of sp³-hybridized carbons (Fsp3) is 0.143. The van der Waals surface area contributed by atoms with E-state index in [-0.39, 0.29) is 12.0 Å². The Morgan fingerprint density at radius 2 is 1.84 bits per heavy atom. The fourth-order valence-electron chi connectivity index (χ4n) is 1.81. The van der Waals surface area contributed by atoms with E-state index in [0.29, 0.717) is 20.1 Å². The van der Waals surface area contributed by atoms with Crippen molar-refractivity contribution in [2.45, 2.75) is 12.5 Å². The van der Waals surface area contributed by atoms with Crippen LogP contribution >= 0.6 is 39.1 Å². The first-order valence-corrected chi connectivity index (χ1v) is 7.10. The number of benzene rings is 2. The van der Waals surface area contributed by atoms with Crippen molar-refractivity contribution < 1.29 is 9.50 Å². The number of aliphatic hydroxyl groups is 1. The minimum atomic E-state index is -0.917. The molecule has 0 amide bonds. The van der Waals surface area contributed by atoms with Crippen molar-refractivity contribution in [2.75, 3.05) is 0 Å². The SMILES string of the molecule is OC(Cc1c(F)cccc1Cl)c1cccc(Br)c1Cl. The average molecular weight is 364 g/mol. The molecule has 1 nitrogen and oxygen atoms in total. The smallest absolute Gasteiger partial charge is 0.127 e. The maximum Gasteiger partial charge on any atom is 0.127 e. The molecule has 100 valence electrons. The predicted octanol–water partition coefficient (Wildman–Crippen LogP) is 5.17. The molecule has 19 heavy (non-hydrogen) atoms. The summed E-state index contributed by atoms with van der Waals surface area (Å²) in [5, 5.41) is 10.9. The van der Waals surface area contributed by atoms with Gasteiger partial charge in [-0.3, -0.25) is 0 Å². The standard InChI is InChI=1S/C14H10BrCl2FO/c15-10-4-1-3-8(14(10)17)13(19)7-9-11(16)5-2-6-12(9)18/h1-6,13,19H,7H2. The lowest BCUT2D eigenvalue weighted by Crippen LogP contribution is -2.05. The van der Waals surface area contributed by atoms with E-state index >= 15 is 0 Å². The van der Waals surface area contributed by atoms with Crippen LogP contribution in [0.15, 0.2) is 40.9 Å². The summed E-state index contributed by atoms with van der Waals surface area (Å²) in [7, 11) is 0. The number of halogens is 4. The number of aliphatic hydroxyl groups excluding tert-OH is 1. The van der Waals surface area contributed by atoms with E-state index in [2.05, 4.69) is 15.9 Å². The van der Waals surface area contributed by atoms with Gasteiger partial charge < -0.3 is 5.11 Å². The van der Waals surface area contributed by atoms with Gasteiger partial charge in [-0.1, -0.05) is 41.4 Å². The van der Waals surface area contributed by atoms with Crippen molar-refractivity contribution in [2.24, 2.45) is 0 Å². The van der Waals surface area contributed by atoms with E-state index in [1.165, 1.54) is 12.1 Å². The largest absolute Gasteiger partial charge is 0.388 e. The van der Waals surface area contributed by atoms with Gasteiger partial charge in [0, 0.05) is 27.0 Å². The van der Waals surface area contributed by atoms with Gasteiger partial charge in [-0.25, -0.2) is 4.39 Å². The van der Waals surface area contributed by atoms with E-state index in [0.717, 1.165) is 0 Å². The highest BCUT2D eigenvalue weighted by Gasteiger charge is 2.17. The predicted molar refractivity (Wildman–Crippen MR) is 79.2 cm³/mol. The molecule has 0 aliphatic rings. The van der Waals surface area contributed by atoms with E-state index in [1.54, 1.807) is 24.3 Å². The Kier molecular flexibility index (Phi) is 4.85. The third kappa shape index (κ3) is 3.29. The first kappa shape index (κ1) is 14.8. The quantitative estimate of drug-likeness (QED) is 0.797. The Labute approximate surface area is 129 Å². The van der Waals surface area contributed by atoms with Crippen molar-refractivity contribution in [3.63, 3.8) is 0 Å². The Hall–Kier alpha value is -0.610. The van der Waals surface area contributed by atoms with E-state index in [1.807, 2.05) is 0 Å². The first-order chi connectivity index (χ1) is 9.00. The summed E-state index contributed by atoms with van der Waals surface area (Å²) in [5.74, 6) is -0.433. The summed E-state index contributed by atoms with van der Waals surface area (Å²) in [5.41, 5.74) is 0.822. The van der Waals surface area contributed by atoms with Crippen LogP contribution < -0.4 is 0 Å². The van der Waals surface area contributed by atoms with E-state index in [9.17, 15) is 9.50 Å². The highest BCUT2D eigenvalue weighted by atomic mass is 79.9. The van der Waals surface area contributed by atoms with Crippen LogP contribution in [0.5, 0.6) is 0 Å². The van der Waals surface area contributed by atoms with Crippen LogP contribution in [0.25, 0.3) is 0 Å². The molecular formula is C14H10BrCl2FO. The molecule has 0 aliphatic carbocycles. The maximum atomic E-state index is 13.7. The molecule has 1 N–H and O–H groups in total. The first-order valence-electron chi connectivity index (χ1n) is 5.55. The zero-order chi connectivity index (χ0) is 14.0. The van der Waals surface area contributed by atoms with E-state index < -0.39 is 11.9 Å². The molecule has 0 fully saturated rings. The molecule has 0 saturated heterocycles. The van der Waals surface area contributed by atoms with Crippen LogP contribution in [0.4, 0.5) is 4.39 Å². The second-order valence-corrected chi connectivity index (χ2v) is 5.70. The average Bonchev–Trinajstić information content (AvgIpc) is 2.37. The van der Waals surface area contributed by atoms with Crippen molar-refractivity contribution in [3.05, 3.63) is 67.9 Å². The second-order valence-electron chi connectivity index (χ2n) is 4.06. The summed E-state index contributed by atoms with van der Waals surface area (Å²) in [6.07, 6.45) is -0.846. The molecule has 0 aromatic heterocycles. The molecule has 0 radical (unpaired) electrons. The van der Waals surface area contributed by atoms with E-state index in [4.69, 9.17) is 23.2 Å². The van der Waals surface area contributed by atoms with Crippen molar-refractivity contribution >= 4 is 39.1 Å². The molecule has 2 aromatic carbocycles. The van der Waals surface area contributed by atoms with Crippen LogP contribution in [-0.4, -0.2) is 5.11 Å². The van der Waals surface area contributed by atoms with Gasteiger partial charge in [0.1, 0.15) is 5.82 Å². The molecular weight excluding hydrogens is 354 g/mol. The summed E-state index contributed by atoms with van der Waals surface area (Å²) in [6.45, 7) is 0. The van der Waals surface area contributed by atoms with Crippen molar-refractivity contribution in [1.29, 1.82) is 0 Å². The van der Waals surface area contributed by atoms with Gasteiger partial charge in [-0.05, 0) is 34.1 Å². The van der Waals surface area contributed by atoms with Crippen LogP contribution in [0.2, 0.25) is 10.0 Å². The molecule has 0 bridgehead atoms. The van der Waals surface area contributed by atoms with Crippen molar-refractivity contribution in [1.82, 2.24) is 0 Å². The topological polar surface area (TPSA) is 20.2 Å². The molecule has 2 rings (SSSR count). The number of hydrogen-bond donors (Lipinski definition) is 1. The Morgan fingerprint density at radius 1 is 1.16 bits per heavy atom. The minimum absolute atomic E-state index is 0.0711. The van der Waals surface area contributed by atoms with Gasteiger partial charge in [0.2, 0.25) is 0 Å². The molecule has 1 atom stereocenters. The zero-order valence-corrected chi connectivity index (χ0v) is 12.8. The molecule has 0 spiro atoms. The Bertz CT molecular complexity index is 584. The van der Waals surface area contributed by atoms with Crippen LogP contribution in [-0.2, 0) is 6.42 Å². The number of rotatable bonds is 3. The molecule has 5 heteroatoms. The number of hydrogen-bond acceptors (Lipinski definition) is 1. The lowest BCUT2D eigenvalue weighted by Gasteiger charge is -2.15. The summed E-state index contributed by atoms with van der Waals surface area (Å²) in [6, 6.07) is 9.67. The maximum absolute atomic E-state index is 13.7. The van der Waals surface area contributed by atoms with Crippen LogP contribution in [0.1, 0.15) is 17.2 Å². The Morgan fingerprint density at radius 3 is 2.53 bits per heavy atom. The van der Waals surface area contributed by atoms with Gasteiger partial charge in [-0.15, -0.1) is 0 Å². The minimum Gasteiger partial charge on any atom is -0.388 e. The van der Waals surface area contributed by atoms with Crippen molar-refractivity contribution in [3.8, 4) is 0 Å². The normalized spacial score (nSPS) is 12.5. The monoisotopic (exact) mass is 362 g/mol. The lowest BCUT2D eigenvalue weighted by atomic mass is 10.0. The third-order valence-corrected chi connectivity index (χ3v) is 4.46. The molecule has 0 saturated carbocycles. The Balaban J connectivity index is 2.31. The lowest BCUT2D eigenvalue weighted by molar-refractivity contribution is 0.177. The summed E-state index contributed by atoms with van der Waals surface area (Å²) >= 11 is 15.3. The van der Waals surface area contributed by atoms with Gasteiger partial charge in [0.05, 0.1) is 11.1 Å².